The van der Waals surface area contributed by atoms with Gasteiger partial charge >= 0.3 is 0 Å². The molecule has 0 unspecified atom stereocenters. The van der Waals surface area contributed by atoms with Gasteiger partial charge in [-0.05, 0) is 44.3 Å². The number of hydrogen-bond donors (Lipinski definition) is 3. The van der Waals surface area contributed by atoms with E-state index in [-0.39, 0.29) is 18.1 Å². The summed E-state index contributed by atoms with van der Waals surface area (Å²) in [6.45, 7) is 6.82. The fraction of sp³-hybridized carbons (Fsp3) is 0.333. The van der Waals surface area contributed by atoms with Crippen molar-refractivity contribution in [1.82, 2.24) is 14.9 Å². The first-order valence-corrected chi connectivity index (χ1v) is 11.0. The number of fused-ring (bicyclic) bond motifs is 1. The van der Waals surface area contributed by atoms with E-state index in [4.69, 9.17) is 10.1 Å². The van der Waals surface area contributed by atoms with E-state index in [0.717, 1.165) is 54.3 Å². The third-order valence-corrected chi connectivity index (χ3v) is 6.11. The lowest BCUT2D eigenvalue weighted by molar-refractivity contribution is 0.313. The molecule has 2 aliphatic rings. The molecule has 32 heavy (non-hydrogen) atoms. The topological polar surface area (TPSA) is 91.7 Å². The molecule has 166 valence electrons. The molecule has 0 radical (unpaired) electrons. The van der Waals surface area contributed by atoms with Crippen molar-refractivity contribution in [2.24, 2.45) is 0 Å². The summed E-state index contributed by atoms with van der Waals surface area (Å²) in [6.07, 6.45) is 0. The first-order chi connectivity index (χ1) is 15.5. The molecular formula is C24H28N6O2. The first kappa shape index (κ1) is 20.4. The molecule has 5 rings (SSSR count). The Hall–Kier alpha value is -3.52. The summed E-state index contributed by atoms with van der Waals surface area (Å²) in [5.74, 6) is 1.61. The van der Waals surface area contributed by atoms with Crippen molar-refractivity contribution in [3.05, 3.63) is 54.0 Å². The van der Waals surface area contributed by atoms with Gasteiger partial charge in [0.15, 0.2) is 0 Å². The smallest absolute Gasteiger partial charge is 0.145 e. The number of rotatable bonds is 5. The van der Waals surface area contributed by atoms with Crippen molar-refractivity contribution in [3.63, 3.8) is 0 Å². The molecule has 0 bridgehead atoms. The molecule has 1 fully saturated rings. The van der Waals surface area contributed by atoms with E-state index >= 15 is 0 Å². The van der Waals surface area contributed by atoms with Crippen LogP contribution in [0, 0.1) is 5.41 Å². The Morgan fingerprint density at radius 1 is 1.09 bits per heavy atom. The van der Waals surface area contributed by atoms with Gasteiger partial charge in [0.2, 0.25) is 0 Å². The highest BCUT2D eigenvalue weighted by molar-refractivity contribution is 6.30. The Morgan fingerprint density at radius 3 is 2.69 bits per heavy atom. The van der Waals surface area contributed by atoms with Gasteiger partial charge in [0.05, 0.1) is 29.8 Å². The van der Waals surface area contributed by atoms with Crippen molar-refractivity contribution in [2.75, 3.05) is 56.2 Å². The molecule has 3 heterocycles. The van der Waals surface area contributed by atoms with Gasteiger partial charge in [-0.3, -0.25) is 5.41 Å². The molecule has 2 aliphatic heterocycles. The van der Waals surface area contributed by atoms with E-state index in [9.17, 15) is 5.11 Å². The van der Waals surface area contributed by atoms with Crippen LogP contribution in [0.25, 0.3) is 16.6 Å². The number of hydrogen-bond acceptors (Lipinski definition) is 6. The maximum atomic E-state index is 10.7. The number of ether oxygens (including phenoxy) is 1. The predicted octanol–water partition coefficient (Wildman–Crippen LogP) is 3.48. The molecular weight excluding hydrogens is 404 g/mol. The SMILES string of the molecule is CCOc1cccc(N2CC(O)=C(c3nc4ccc(N5CCN(C)CC5)cc4[nH]3)C2=N)c1. The lowest BCUT2D eigenvalue weighted by Gasteiger charge is -2.34. The van der Waals surface area contributed by atoms with Crippen LogP contribution in [0.4, 0.5) is 11.4 Å². The summed E-state index contributed by atoms with van der Waals surface area (Å²) >= 11 is 0. The highest BCUT2D eigenvalue weighted by Gasteiger charge is 2.31. The summed E-state index contributed by atoms with van der Waals surface area (Å²) in [4.78, 5) is 14.5. The van der Waals surface area contributed by atoms with Crippen molar-refractivity contribution in [1.29, 1.82) is 5.41 Å². The van der Waals surface area contributed by atoms with Crippen molar-refractivity contribution >= 4 is 33.8 Å². The lowest BCUT2D eigenvalue weighted by Crippen LogP contribution is -2.44. The van der Waals surface area contributed by atoms with E-state index in [1.165, 1.54) is 0 Å². The predicted molar refractivity (Wildman–Crippen MR) is 128 cm³/mol. The van der Waals surface area contributed by atoms with Crippen LogP contribution in [0.1, 0.15) is 12.7 Å². The number of anilines is 2. The molecule has 0 amide bonds. The summed E-state index contributed by atoms with van der Waals surface area (Å²) in [6, 6.07) is 13.8. The molecule has 1 aromatic heterocycles. The standard InChI is InChI=1S/C24H28N6O2/c1-3-32-18-6-4-5-17(13-18)30-15-21(31)22(23(30)25)24-26-19-8-7-16(14-20(19)27-24)29-11-9-28(2)10-12-29/h4-8,13-14,25,31H,3,9-12,15H2,1-2H3,(H,26,27). The molecule has 0 spiro atoms. The Balaban J connectivity index is 1.41. The molecule has 8 heteroatoms. The monoisotopic (exact) mass is 432 g/mol. The number of benzene rings is 2. The highest BCUT2D eigenvalue weighted by Crippen LogP contribution is 2.33. The number of nitrogens with zero attached hydrogens (tertiary/aromatic N) is 4. The zero-order valence-electron chi connectivity index (χ0n) is 18.4. The third kappa shape index (κ3) is 3.67. The molecule has 3 aromatic rings. The van der Waals surface area contributed by atoms with Crippen molar-refractivity contribution in [2.45, 2.75) is 6.92 Å². The molecule has 3 N–H and O–H groups in total. The fourth-order valence-corrected chi connectivity index (χ4v) is 4.33. The van der Waals surface area contributed by atoms with Gasteiger partial charge in [0.1, 0.15) is 23.2 Å². The van der Waals surface area contributed by atoms with Gasteiger partial charge in [-0.15, -0.1) is 0 Å². The number of aromatic amines is 1. The second-order valence-corrected chi connectivity index (χ2v) is 8.26. The Bertz CT molecular complexity index is 1190. The summed E-state index contributed by atoms with van der Waals surface area (Å²) in [7, 11) is 2.15. The molecule has 0 aliphatic carbocycles. The molecule has 2 aromatic carbocycles. The molecule has 1 saturated heterocycles. The number of aliphatic hydroxyl groups is 1. The minimum atomic E-state index is 0.134. The number of piperazine rings is 1. The summed E-state index contributed by atoms with van der Waals surface area (Å²) in [5.41, 5.74) is 4.12. The zero-order valence-corrected chi connectivity index (χ0v) is 18.4. The quantitative estimate of drug-likeness (QED) is 0.572. The molecule has 0 saturated carbocycles. The van der Waals surface area contributed by atoms with Gasteiger partial charge in [0, 0.05) is 43.6 Å². The van der Waals surface area contributed by atoms with Gasteiger partial charge in [-0.2, -0.15) is 0 Å². The third-order valence-electron chi connectivity index (χ3n) is 6.11. The minimum Gasteiger partial charge on any atom is -0.509 e. The van der Waals surface area contributed by atoms with E-state index in [1.54, 1.807) is 4.90 Å². The van der Waals surface area contributed by atoms with Crippen LogP contribution in [-0.4, -0.2) is 72.2 Å². The second kappa shape index (κ2) is 8.20. The van der Waals surface area contributed by atoms with Crippen LogP contribution in [-0.2, 0) is 0 Å². The number of aliphatic hydroxyl groups excluding tert-OH is 1. The van der Waals surface area contributed by atoms with Crippen LogP contribution in [0.15, 0.2) is 48.2 Å². The van der Waals surface area contributed by atoms with E-state index in [2.05, 4.69) is 38.9 Å². The second-order valence-electron chi connectivity index (χ2n) is 8.26. The number of aromatic nitrogens is 2. The minimum absolute atomic E-state index is 0.134. The Morgan fingerprint density at radius 2 is 1.91 bits per heavy atom. The van der Waals surface area contributed by atoms with Crippen LogP contribution in [0.5, 0.6) is 5.75 Å². The van der Waals surface area contributed by atoms with Gasteiger partial charge in [0.25, 0.3) is 0 Å². The number of nitrogens with one attached hydrogen (secondary N) is 2. The number of H-pyrrole nitrogens is 1. The van der Waals surface area contributed by atoms with Crippen LogP contribution >= 0.6 is 0 Å². The Kier molecular flexibility index (Phi) is 5.22. The lowest BCUT2D eigenvalue weighted by atomic mass is 10.2. The molecule has 0 atom stereocenters. The van der Waals surface area contributed by atoms with Crippen molar-refractivity contribution in [3.8, 4) is 5.75 Å². The largest absolute Gasteiger partial charge is 0.509 e. The molecule has 8 nitrogen and oxygen atoms in total. The van der Waals surface area contributed by atoms with E-state index < -0.39 is 0 Å². The first-order valence-electron chi connectivity index (χ1n) is 11.0. The summed E-state index contributed by atoms with van der Waals surface area (Å²) < 4.78 is 5.59. The van der Waals surface area contributed by atoms with Crippen LogP contribution in [0.3, 0.4) is 0 Å². The van der Waals surface area contributed by atoms with Crippen molar-refractivity contribution < 1.29 is 9.84 Å². The summed E-state index contributed by atoms with van der Waals surface area (Å²) in [5, 5.41) is 19.4. The normalized spacial score (nSPS) is 17.6. The van der Waals surface area contributed by atoms with E-state index in [0.29, 0.717) is 18.0 Å². The fourth-order valence-electron chi connectivity index (χ4n) is 4.33. The van der Waals surface area contributed by atoms with E-state index in [1.807, 2.05) is 37.3 Å². The maximum absolute atomic E-state index is 10.7. The zero-order chi connectivity index (χ0) is 22.2. The van der Waals surface area contributed by atoms with Gasteiger partial charge < -0.3 is 29.5 Å². The van der Waals surface area contributed by atoms with Crippen LogP contribution < -0.4 is 14.5 Å². The average molecular weight is 433 g/mol. The average Bonchev–Trinajstić information content (AvgIpc) is 3.33. The number of amidine groups is 1. The van der Waals surface area contributed by atoms with Gasteiger partial charge in [-0.1, -0.05) is 6.07 Å². The number of likely N-dealkylation sites (N-methyl/N-ethyl adjacent to an activating group) is 1. The maximum Gasteiger partial charge on any atom is 0.145 e. The highest BCUT2D eigenvalue weighted by atomic mass is 16.5. The Labute approximate surface area is 187 Å². The number of imidazole rings is 1. The van der Waals surface area contributed by atoms with Crippen LogP contribution in [0.2, 0.25) is 0 Å². The van der Waals surface area contributed by atoms with Gasteiger partial charge in [-0.25, -0.2) is 4.98 Å².